The Hall–Kier alpha value is -1.06. The fourth-order valence-electron chi connectivity index (χ4n) is 1.27. The minimum absolute atomic E-state index is 0.0114. The molecule has 3 nitrogen and oxygen atoms in total. The van der Waals surface area contributed by atoms with Crippen LogP contribution in [0.3, 0.4) is 0 Å². The summed E-state index contributed by atoms with van der Waals surface area (Å²) in [5, 5.41) is 18.7. The van der Waals surface area contributed by atoms with Crippen molar-refractivity contribution in [1.29, 1.82) is 0 Å². The van der Waals surface area contributed by atoms with Crippen LogP contribution in [0, 0.1) is 5.41 Å². The first-order chi connectivity index (χ1) is 6.49. The minimum atomic E-state index is -0.432. The summed E-state index contributed by atoms with van der Waals surface area (Å²) in [7, 11) is 0. The maximum atomic E-state index is 9.58. The van der Waals surface area contributed by atoms with Crippen LogP contribution < -0.4 is 5.73 Å². The van der Waals surface area contributed by atoms with Crippen LogP contribution in [0.4, 0.5) is 0 Å². The number of aliphatic hydroxyl groups is 1. The molecule has 0 bridgehead atoms. The van der Waals surface area contributed by atoms with E-state index in [9.17, 15) is 5.11 Å². The molecule has 14 heavy (non-hydrogen) atoms. The highest BCUT2D eigenvalue weighted by Crippen LogP contribution is 2.34. The monoisotopic (exact) mass is 195 g/mol. The average molecular weight is 195 g/mol. The summed E-state index contributed by atoms with van der Waals surface area (Å²) >= 11 is 0. The Morgan fingerprint density at radius 2 is 1.93 bits per heavy atom. The SMILES string of the molecule is CC(C)(CO)C(N)c1ccccc1O. The molecule has 0 heterocycles. The molecule has 1 rings (SSSR count). The second-order valence-electron chi connectivity index (χ2n) is 4.18. The summed E-state index contributed by atoms with van der Waals surface area (Å²) in [6.45, 7) is 3.72. The van der Waals surface area contributed by atoms with Gasteiger partial charge >= 0.3 is 0 Å². The number of aliphatic hydroxyl groups excluding tert-OH is 1. The lowest BCUT2D eigenvalue weighted by Gasteiger charge is -2.30. The molecular formula is C11H17NO2. The van der Waals surface area contributed by atoms with Crippen molar-refractivity contribution in [3.63, 3.8) is 0 Å². The number of benzene rings is 1. The highest BCUT2D eigenvalue weighted by Gasteiger charge is 2.28. The molecule has 0 fully saturated rings. The van der Waals surface area contributed by atoms with Crippen molar-refractivity contribution in [3.05, 3.63) is 29.8 Å². The van der Waals surface area contributed by atoms with Gasteiger partial charge in [-0.1, -0.05) is 32.0 Å². The van der Waals surface area contributed by atoms with Crippen LogP contribution in [-0.2, 0) is 0 Å². The molecule has 0 aliphatic carbocycles. The summed E-state index contributed by atoms with van der Waals surface area (Å²) in [5.74, 6) is 0.182. The highest BCUT2D eigenvalue weighted by molar-refractivity contribution is 5.35. The van der Waals surface area contributed by atoms with Crippen LogP contribution in [0.1, 0.15) is 25.5 Å². The number of para-hydroxylation sites is 1. The molecule has 4 N–H and O–H groups in total. The zero-order chi connectivity index (χ0) is 10.8. The van der Waals surface area contributed by atoms with Gasteiger partial charge in [-0.05, 0) is 6.07 Å². The van der Waals surface area contributed by atoms with Gasteiger partial charge in [-0.2, -0.15) is 0 Å². The van der Waals surface area contributed by atoms with Gasteiger partial charge in [0, 0.05) is 23.6 Å². The topological polar surface area (TPSA) is 66.5 Å². The Kier molecular flexibility index (Phi) is 3.13. The molecule has 1 aromatic carbocycles. The normalized spacial score (nSPS) is 14.0. The molecule has 0 amide bonds. The summed E-state index contributed by atoms with van der Waals surface area (Å²) < 4.78 is 0. The lowest BCUT2D eigenvalue weighted by atomic mass is 9.81. The van der Waals surface area contributed by atoms with Crippen molar-refractivity contribution >= 4 is 0 Å². The minimum Gasteiger partial charge on any atom is -0.508 e. The van der Waals surface area contributed by atoms with Crippen molar-refractivity contribution in [2.75, 3.05) is 6.61 Å². The van der Waals surface area contributed by atoms with E-state index in [2.05, 4.69) is 0 Å². The van der Waals surface area contributed by atoms with Crippen molar-refractivity contribution in [2.45, 2.75) is 19.9 Å². The van der Waals surface area contributed by atoms with Crippen LogP contribution in [0.2, 0.25) is 0 Å². The molecular weight excluding hydrogens is 178 g/mol. The van der Waals surface area contributed by atoms with Crippen LogP contribution in [0.15, 0.2) is 24.3 Å². The first-order valence-electron chi connectivity index (χ1n) is 4.63. The predicted octanol–water partition coefficient (Wildman–Crippen LogP) is 1.41. The fourth-order valence-corrected chi connectivity index (χ4v) is 1.27. The van der Waals surface area contributed by atoms with Crippen LogP contribution in [0.5, 0.6) is 5.75 Å². The number of hydrogen-bond donors (Lipinski definition) is 3. The molecule has 0 spiro atoms. The molecule has 1 atom stereocenters. The molecule has 78 valence electrons. The van der Waals surface area contributed by atoms with Gasteiger partial charge in [0.05, 0.1) is 0 Å². The molecule has 1 aromatic rings. The van der Waals surface area contributed by atoms with Gasteiger partial charge < -0.3 is 15.9 Å². The third-order valence-corrected chi connectivity index (χ3v) is 2.52. The van der Waals surface area contributed by atoms with Gasteiger partial charge in [-0.15, -0.1) is 0 Å². The van der Waals surface area contributed by atoms with Crippen molar-refractivity contribution in [3.8, 4) is 5.75 Å². The number of phenols is 1. The zero-order valence-electron chi connectivity index (χ0n) is 8.57. The van der Waals surface area contributed by atoms with E-state index < -0.39 is 5.41 Å². The van der Waals surface area contributed by atoms with E-state index in [4.69, 9.17) is 10.8 Å². The Morgan fingerprint density at radius 3 is 2.43 bits per heavy atom. The lowest BCUT2D eigenvalue weighted by Crippen LogP contribution is -2.32. The molecule has 0 aliphatic heterocycles. The largest absolute Gasteiger partial charge is 0.508 e. The lowest BCUT2D eigenvalue weighted by molar-refractivity contribution is 0.131. The van der Waals surface area contributed by atoms with E-state index in [-0.39, 0.29) is 18.4 Å². The van der Waals surface area contributed by atoms with E-state index in [1.165, 1.54) is 0 Å². The van der Waals surface area contributed by atoms with E-state index in [0.717, 1.165) is 0 Å². The molecule has 0 aliphatic rings. The number of rotatable bonds is 3. The summed E-state index contributed by atoms with van der Waals surface area (Å²) in [5.41, 5.74) is 6.21. The first kappa shape index (κ1) is 11.0. The van der Waals surface area contributed by atoms with Gasteiger partial charge in [-0.3, -0.25) is 0 Å². The third kappa shape index (κ3) is 2.05. The number of hydrogen-bond acceptors (Lipinski definition) is 3. The first-order valence-corrected chi connectivity index (χ1v) is 4.63. The van der Waals surface area contributed by atoms with E-state index in [1.807, 2.05) is 19.9 Å². The molecule has 0 saturated carbocycles. The highest BCUT2D eigenvalue weighted by atomic mass is 16.3. The number of phenolic OH excluding ortho intramolecular Hbond substituents is 1. The standard InChI is InChI=1S/C11H17NO2/c1-11(2,7-13)10(12)8-5-3-4-6-9(8)14/h3-6,10,13-14H,7,12H2,1-2H3. The zero-order valence-corrected chi connectivity index (χ0v) is 8.57. The Morgan fingerprint density at radius 1 is 1.36 bits per heavy atom. The van der Waals surface area contributed by atoms with Gasteiger partial charge in [0.25, 0.3) is 0 Å². The smallest absolute Gasteiger partial charge is 0.120 e. The number of aromatic hydroxyl groups is 1. The van der Waals surface area contributed by atoms with E-state index >= 15 is 0 Å². The maximum Gasteiger partial charge on any atom is 0.120 e. The Labute approximate surface area is 84.2 Å². The molecule has 1 unspecified atom stereocenters. The third-order valence-electron chi connectivity index (χ3n) is 2.52. The summed E-state index contributed by atoms with van der Waals surface area (Å²) in [6.07, 6.45) is 0. The Balaban J connectivity index is 3.00. The van der Waals surface area contributed by atoms with Crippen molar-refractivity contribution in [2.24, 2.45) is 11.1 Å². The number of nitrogens with two attached hydrogens (primary N) is 1. The van der Waals surface area contributed by atoms with Crippen LogP contribution >= 0.6 is 0 Å². The van der Waals surface area contributed by atoms with Crippen LogP contribution in [0.25, 0.3) is 0 Å². The van der Waals surface area contributed by atoms with E-state index in [0.29, 0.717) is 5.56 Å². The molecule has 3 heteroatoms. The summed E-state index contributed by atoms with van der Waals surface area (Å²) in [6, 6.07) is 6.58. The van der Waals surface area contributed by atoms with Crippen molar-refractivity contribution < 1.29 is 10.2 Å². The van der Waals surface area contributed by atoms with Gasteiger partial charge in [0.15, 0.2) is 0 Å². The van der Waals surface area contributed by atoms with Gasteiger partial charge in [0.1, 0.15) is 5.75 Å². The fraction of sp³-hybridized carbons (Fsp3) is 0.455. The molecule has 0 saturated heterocycles. The molecule has 0 radical (unpaired) electrons. The predicted molar refractivity (Wildman–Crippen MR) is 55.9 cm³/mol. The van der Waals surface area contributed by atoms with Gasteiger partial charge in [0.2, 0.25) is 0 Å². The summed E-state index contributed by atoms with van der Waals surface area (Å²) in [4.78, 5) is 0. The van der Waals surface area contributed by atoms with Crippen molar-refractivity contribution in [1.82, 2.24) is 0 Å². The van der Waals surface area contributed by atoms with Gasteiger partial charge in [-0.25, -0.2) is 0 Å². The Bertz CT molecular complexity index is 310. The maximum absolute atomic E-state index is 9.58. The second kappa shape index (κ2) is 3.98. The van der Waals surface area contributed by atoms with E-state index in [1.54, 1.807) is 18.2 Å². The quantitative estimate of drug-likeness (QED) is 0.683. The van der Waals surface area contributed by atoms with Crippen LogP contribution in [-0.4, -0.2) is 16.8 Å². The second-order valence-corrected chi connectivity index (χ2v) is 4.18. The average Bonchev–Trinajstić information content (AvgIpc) is 2.17. The molecule has 0 aromatic heterocycles.